The normalized spacial score (nSPS) is 12.7. The van der Waals surface area contributed by atoms with Gasteiger partial charge in [0.1, 0.15) is 5.75 Å². The maximum absolute atomic E-state index is 12.5. The summed E-state index contributed by atoms with van der Waals surface area (Å²) in [5.74, 6) is 0.585. The van der Waals surface area contributed by atoms with E-state index in [1.165, 1.54) is 6.07 Å². The monoisotopic (exact) mass is 377 g/mol. The standard InChI is InChI=1S/C20H25F2N3O2/c1-3-23-20(25-13-17(26)15-10-8-14(2)9-11-15)24-12-16-6-4-5-7-18(16)27-19(21)22/h4-11,17,19,26H,3,12-13H2,1-2H3,(H2,23,24,25). The first-order chi connectivity index (χ1) is 13.0. The van der Waals surface area contributed by atoms with Gasteiger partial charge in [-0.3, -0.25) is 0 Å². The van der Waals surface area contributed by atoms with Crippen molar-refractivity contribution in [3.63, 3.8) is 0 Å². The molecule has 0 heterocycles. The first kappa shape index (κ1) is 20.6. The minimum atomic E-state index is -2.88. The van der Waals surface area contributed by atoms with Crippen molar-refractivity contribution in [1.82, 2.24) is 10.6 Å². The topological polar surface area (TPSA) is 65.9 Å². The van der Waals surface area contributed by atoms with E-state index in [1.54, 1.807) is 18.2 Å². The lowest BCUT2D eigenvalue weighted by Gasteiger charge is -2.16. The SMILES string of the molecule is CCNC(=NCc1ccccc1OC(F)F)NCC(O)c1ccc(C)cc1. The second kappa shape index (κ2) is 10.5. The fourth-order valence-electron chi connectivity index (χ4n) is 2.45. The second-order valence-corrected chi connectivity index (χ2v) is 5.99. The first-order valence-corrected chi connectivity index (χ1v) is 8.79. The molecule has 0 saturated heterocycles. The zero-order valence-corrected chi connectivity index (χ0v) is 15.5. The average Bonchev–Trinajstić information content (AvgIpc) is 2.65. The van der Waals surface area contributed by atoms with Crippen LogP contribution in [-0.2, 0) is 6.54 Å². The summed E-state index contributed by atoms with van der Waals surface area (Å²) >= 11 is 0. The predicted octanol–water partition coefficient (Wildman–Crippen LogP) is 3.39. The Morgan fingerprint density at radius 2 is 1.81 bits per heavy atom. The fourth-order valence-corrected chi connectivity index (χ4v) is 2.45. The lowest BCUT2D eigenvalue weighted by molar-refractivity contribution is -0.0504. The molecule has 1 atom stereocenters. The van der Waals surface area contributed by atoms with Crippen LogP contribution < -0.4 is 15.4 Å². The molecule has 0 aromatic heterocycles. The number of aliphatic imine (C=N–C) groups is 1. The number of rotatable bonds is 8. The van der Waals surface area contributed by atoms with Crippen LogP contribution in [0.3, 0.4) is 0 Å². The van der Waals surface area contributed by atoms with Crippen LogP contribution in [0, 0.1) is 6.92 Å². The summed E-state index contributed by atoms with van der Waals surface area (Å²) < 4.78 is 29.5. The summed E-state index contributed by atoms with van der Waals surface area (Å²) in [5.41, 5.74) is 2.48. The van der Waals surface area contributed by atoms with E-state index in [1.807, 2.05) is 38.1 Å². The molecule has 0 aliphatic rings. The molecule has 0 bridgehead atoms. The van der Waals surface area contributed by atoms with Gasteiger partial charge in [0.25, 0.3) is 0 Å². The van der Waals surface area contributed by atoms with Gasteiger partial charge in [0, 0.05) is 18.7 Å². The van der Waals surface area contributed by atoms with Gasteiger partial charge in [0.05, 0.1) is 12.6 Å². The number of guanidine groups is 1. The molecule has 1 unspecified atom stereocenters. The number of alkyl halides is 2. The van der Waals surface area contributed by atoms with E-state index in [4.69, 9.17) is 0 Å². The summed E-state index contributed by atoms with van der Waals surface area (Å²) in [6.07, 6.45) is -0.691. The summed E-state index contributed by atoms with van der Waals surface area (Å²) in [6.45, 7) is 2.08. The Morgan fingerprint density at radius 3 is 2.48 bits per heavy atom. The summed E-state index contributed by atoms with van der Waals surface area (Å²) in [4.78, 5) is 4.39. The molecule has 2 rings (SSSR count). The third-order valence-electron chi connectivity index (χ3n) is 3.87. The maximum Gasteiger partial charge on any atom is 0.387 e. The first-order valence-electron chi connectivity index (χ1n) is 8.79. The minimum Gasteiger partial charge on any atom is -0.434 e. The number of aryl methyl sites for hydroxylation is 1. The molecule has 0 fully saturated rings. The molecule has 146 valence electrons. The van der Waals surface area contributed by atoms with E-state index in [0.29, 0.717) is 18.1 Å². The van der Waals surface area contributed by atoms with E-state index >= 15 is 0 Å². The Bertz CT molecular complexity index is 736. The Labute approximate surface area is 158 Å². The van der Waals surface area contributed by atoms with Crippen LogP contribution in [0.25, 0.3) is 0 Å². The Kier molecular flexibility index (Phi) is 8.00. The molecule has 27 heavy (non-hydrogen) atoms. The highest BCUT2D eigenvalue weighted by molar-refractivity contribution is 5.79. The highest BCUT2D eigenvalue weighted by Gasteiger charge is 2.10. The van der Waals surface area contributed by atoms with Gasteiger partial charge < -0.3 is 20.5 Å². The van der Waals surface area contributed by atoms with Crippen molar-refractivity contribution >= 4 is 5.96 Å². The zero-order valence-electron chi connectivity index (χ0n) is 15.5. The van der Waals surface area contributed by atoms with E-state index in [0.717, 1.165) is 11.1 Å². The molecule has 7 heteroatoms. The molecular formula is C20H25F2N3O2. The molecule has 0 amide bonds. The van der Waals surface area contributed by atoms with Crippen LogP contribution in [-0.4, -0.2) is 30.8 Å². The van der Waals surface area contributed by atoms with Crippen LogP contribution in [0.1, 0.15) is 29.7 Å². The van der Waals surface area contributed by atoms with Gasteiger partial charge in [0.15, 0.2) is 5.96 Å². The van der Waals surface area contributed by atoms with E-state index < -0.39 is 12.7 Å². The summed E-state index contributed by atoms with van der Waals surface area (Å²) in [7, 11) is 0. The van der Waals surface area contributed by atoms with Crippen molar-refractivity contribution < 1.29 is 18.6 Å². The number of nitrogens with one attached hydrogen (secondary N) is 2. The van der Waals surface area contributed by atoms with Crippen LogP contribution in [0.2, 0.25) is 0 Å². The molecule has 0 radical (unpaired) electrons. The number of para-hydroxylation sites is 1. The summed E-state index contributed by atoms with van der Waals surface area (Å²) in [6, 6.07) is 14.2. The number of hydrogen-bond donors (Lipinski definition) is 3. The molecular weight excluding hydrogens is 352 g/mol. The van der Waals surface area contributed by atoms with Gasteiger partial charge in [-0.15, -0.1) is 0 Å². The fraction of sp³-hybridized carbons (Fsp3) is 0.350. The van der Waals surface area contributed by atoms with Crippen molar-refractivity contribution in [1.29, 1.82) is 0 Å². The molecule has 2 aromatic rings. The van der Waals surface area contributed by atoms with E-state index in [-0.39, 0.29) is 18.8 Å². The Morgan fingerprint density at radius 1 is 1.11 bits per heavy atom. The van der Waals surface area contributed by atoms with Crippen molar-refractivity contribution in [3.8, 4) is 5.75 Å². The predicted molar refractivity (Wildman–Crippen MR) is 102 cm³/mol. The Balaban J connectivity index is 2.01. The van der Waals surface area contributed by atoms with Crippen LogP contribution in [0.5, 0.6) is 5.75 Å². The van der Waals surface area contributed by atoms with Crippen LogP contribution in [0.4, 0.5) is 8.78 Å². The van der Waals surface area contributed by atoms with Crippen molar-refractivity contribution in [2.75, 3.05) is 13.1 Å². The average molecular weight is 377 g/mol. The number of nitrogens with zero attached hydrogens (tertiary/aromatic N) is 1. The smallest absolute Gasteiger partial charge is 0.387 e. The second-order valence-electron chi connectivity index (χ2n) is 5.99. The maximum atomic E-state index is 12.5. The third kappa shape index (κ3) is 6.86. The molecule has 0 spiro atoms. The quantitative estimate of drug-likeness (QED) is 0.487. The van der Waals surface area contributed by atoms with Gasteiger partial charge in [-0.2, -0.15) is 8.78 Å². The zero-order chi connectivity index (χ0) is 19.6. The number of halogens is 2. The molecule has 2 aromatic carbocycles. The van der Waals surface area contributed by atoms with Crippen molar-refractivity contribution in [3.05, 3.63) is 65.2 Å². The lowest BCUT2D eigenvalue weighted by Crippen LogP contribution is -2.39. The number of aliphatic hydroxyl groups excluding tert-OH is 1. The molecule has 0 saturated carbocycles. The highest BCUT2D eigenvalue weighted by atomic mass is 19.3. The summed E-state index contributed by atoms with van der Waals surface area (Å²) in [5, 5.41) is 16.4. The van der Waals surface area contributed by atoms with Crippen molar-refractivity contribution in [2.45, 2.75) is 33.1 Å². The largest absolute Gasteiger partial charge is 0.434 e. The van der Waals surface area contributed by atoms with E-state index in [9.17, 15) is 13.9 Å². The number of hydrogen-bond acceptors (Lipinski definition) is 3. The van der Waals surface area contributed by atoms with Gasteiger partial charge in [-0.25, -0.2) is 4.99 Å². The highest BCUT2D eigenvalue weighted by Crippen LogP contribution is 2.21. The molecule has 5 nitrogen and oxygen atoms in total. The Hall–Kier alpha value is -2.67. The van der Waals surface area contributed by atoms with Crippen LogP contribution >= 0.6 is 0 Å². The molecule has 3 N–H and O–H groups in total. The lowest BCUT2D eigenvalue weighted by atomic mass is 10.1. The van der Waals surface area contributed by atoms with Crippen LogP contribution in [0.15, 0.2) is 53.5 Å². The molecule has 0 aliphatic carbocycles. The van der Waals surface area contributed by atoms with E-state index in [2.05, 4.69) is 20.4 Å². The number of ether oxygens (including phenoxy) is 1. The van der Waals surface area contributed by atoms with Crippen molar-refractivity contribution in [2.24, 2.45) is 4.99 Å². The van der Waals surface area contributed by atoms with Gasteiger partial charge in [-0.05, 0) is 25.5 Å². The minimum absolute atomic E-state index is 0.104. The molecule has 0 aliphatic heterocycles. The number of aliphatic hydroxyl groups is 1. The third-order valence-corrected chi connectivity index (χ3v) is 3.87. The van der Waals surface area contributed by atoms with Gasteiger partial charge in [0.2, 0.25) is 0 Å². The van der Waals surface area contributed by atoms with Gasteiger partial charge in [-0.1, -0.05) is 48.0 Å². The number of benzene rings is 2. The van der Waals surface area contributed by atoms with Gasteiger partial charge >= 0.3 is 6.61 Å².